The van der Waals surface area contributed by atoms with E-state index >= 15 is 0 Å². The largest absolute Gasteiger partial charge is 0.508 e. The van der Waals surface area contributed by atoms with Gasteiger partial charge in [-0.15, -0.1) is 0 Å². The number of aliphatic carboxylic acids is 1. The van der Waals surface area contributed by atoms with Gasteiger partial charge in [-0.1, -0.05) is 6.07 Å². The van der Waals surface area contributed by atoms with Crippen molar-refractivity contribution in [3.05, 3.63) is 29.3 Å². The van der Waals surface area contributed by atoms with Crippen LogP contribution in [0.4, 0.5) is 0 Å². The van der Waals surface area contributed by atoms with Crippen molar-refractivity contribution >= 4 is 5.97 Å². The Hall–Kier alpha value is -1.55. The smallest absolute Gasteiger partial charge is 0.308 e. The van der Waals surface area contributed by atoms with Gasteiger partial charge in [0.1, 0.15) is 5.75 Å². The third kappa shape index (κ3) is 1.24. The van der Waals surface area contributed by atoms with Crippen LogP contribution in [0.25, 0.3) is 0 Å². The van der Waals surface area contributed by atoms with Gasteiger partial charge in [0.05, 0.1) is 5.92 Å². The molecule has 1 aliphatic carbocycles. The number of carboxylic acid groups (broad SMARTS) is 1. The van der Waals surface area contributed by atoms with Crippen LogP contribution in [0.2, 0.25) is 0 Å². The summed E-state index contributed by atoms with van der Waals surface area (Å²) in [5.74, 6) is -1.29. The molecule has 4 N–H and O–H groups in total. The lowest BCUT2D eigenvalue weighted by atomic mass is 10.0. The number of carbonyl (C=O) groups is 1. The number of hydrogen-bond donors (Lipinski definition) is 3. The molecular formula is C10H11NO3. The van der Waals surface area contributed by atoms with Crippen LogP contribution in [0.5, 0.6) is 5.75 Å². The second kappa shape index (κ2) is 2.99. The van der Waals surface area contributed by atoms with E-state index in [1.807, 2.05) is 0 Å². The number of aromatic hydroxyl groups is 1. The van der Waals surface area contributed by atoms with Gasteiger partial charge in [-0.25, -0.2) is 0 Å². The summed E-state index contributed by atoms with van der Waals surface area (Å²) in [6.45, 7) is 0. The summed E-state index contributed by atoms with van der Waals surface area (Å²) in [5.41, 5.74) is 7.45. The fourth-order valence-corrected chi connectivity index (χ4v) is 1.92. The fraction of sp³-hybridized carbons (Fsp3) is 0.300. The topological polar surface area (TPSA) is 83.5 Å². The molecule has 0 saturated carbocycles. The molecule has 0 aromatic heterocycles. The zero-order chi connectivity index (χ0) is 10.3. The molecule has 0 saturated heterocycles. The molecule has 0 amide bonds. The number of phenols is 1. The summed E-state index contributed by atoms with van der Waals surface area (Å²) >= 11 is 0. The molecule has 0 radical (unpaired) electrons. The number of phenolic OH excluding ortho intramolecular Hbond substituents is 1. The lowest BCUT2D eigenvalue weighted by molar-refractivity contribution is -0.142. The maximum atomic E-state index is 10.8. The second-order valence-electron chi connectivity index (χ2n) is 3.56. The van der Waals surface area contributed by atoms with Crippen LogP contribution < -0.4 is 5.73 Å². The molecule has 2 unspecified atom stereocenters. The zero-order valence-corrected chi connectivity index (χ0v) is 7.47. The number of hydrogen-bond acceptors (Lipinski definition) is 3. The lowest BCUT2D eigenvalue weighted by Gasteiger charge is -2.10. The van der Waals surface area contributed by atoms with E-state index in [0.717, 1.165) is 11.1 Å². The molecule has 1 aromatic rings. The third-order valence-electron chi connectivity index (χ3n) is 2.68. The summed E-state index contributed by atoms with van der Waals surface area (Å²) in [6.07, 6.45) is 0.403. The van der Waals surface area contributed by atoms with Gasteiger partial charge in [0.25, 0.3) is 0 Å². The Kier molecular flexibility index (Phi) is 1.93. The van der Waals surface area contributed by atoms with Crippen molar-refractivity contribution in [2.75, 3.05) is 0 Å². The molecule has 2 rings (SSSR count). The summed E-state index contributed by atoms with van der Waals surface area (Å²) in [5, 5.41) is 18.1. The molecule has 1 aliphatic rings. The molecule has 4 heteroatoms. The van der Waals surface area contributed by atoms with Crippen LogP contribution in [0, 0.1) is 5.92 Å². The van der Waals surface area contributed by atoms with Gasteiger partial charge in [0.15, 0.2) is 0 Å². The van der Waals surface area contributed by atoms with Crippen molar-refractivity contribution in [2.24, 2.45) is 11.7 Å². The summed E-state index contributed by atoms with van der Waals surface area (Å²) in [4.78, 5) is 10.8. The number of rotatable bonds is 1. The van der Waals surface area contributed by atoms with E-state index in [-0.39, 0.29) is 5.75 Å². The van der Waals surface area contributed by atoms with Gasteiger partial charge >= 0.3 is 5.97 Å². The van der Waals surface area contributed by atoms with E-state index in [1.165, 1.54) is 6.07 Å². The van der Waals surface area contributed by atoms with Crippen molar-refractivity contribution < 1.29 is 15.0 Å². The van der Waals surface area contributed by atoms with Crippen molar-refractivity contribution in [1.82, 2.24) is 0 Å². The monoisotopic (exact) mass is 193 g/mol. The van der Waals surface area contributed by atoms with E-state index in [2.05, 4.69) is 0 Å². The average molecular weight is 193 g/mol. The van der Waals surface area contributed by atoms with Crippen molar-refractivity contribution in [3.8, 4) is 5.75 Å². The summed E-state index contributed by atoms with van der Waals surface area (Å²) in [6, 6.07) is 4.35. The van der Waals surface area contributed by atoms with Crippen LogP contribution in [0.15, 0.2) is 18.2 Å². The number of fused-ring (bicyclic) bond motifs is 1. The Labute approximate surface area is 81.0 Å². The van der Waals surface area contributed by atoms with Crippen molar-refractivity contribution in [2.45, 2.75) is 12.5 Å². The Balaban J connectivity index is 2.40. The predicted octanol–water partition coefficient (Wildman–Crippen LogP) is 0.649. The van der Waals surface area contributed by atoms with Crippen LogP contribution in [-0.4, -0.2) is 16.2 Å². The zero-order valence-electron chi connectivity index (χ0n) is 7.47. The minimum absolute atomic E-state index is 0.155. The Morgan fingerprint density at radius 3 is 2.86 bits per heavy atom. The highest BCUT2D eigenvalue weighted by Crippen LogP contribution is 2.36. The molecule has 74 valence electrons. The first-order valence-electron chi connectivity index (χ1n) is 4.40. The first-order valence-corrected chi connectivity index (χ1v) is 4.40. The normalized spacial score (nSPS) is 24.6. The van der Waals surface area contributed by atoms with Crippen molar-refractivity contribution in [3.63, 3.8) is 0 Å². The van der Waals surface area contributed by atoms with Gasteiger partial charge in [-0.3, -0.25) is 4.79 Å². The molecule has 0 spiro atoms. The van der Waals surface area contributed by atoms with E-state index in [1.54, 1.807) is 12.1 Å². The van der Waals surface area contributed by atoms with Gasteiger partial charge in [-0.2, -0.15) is 0 Å². The molecular weight excluding hydrogens is 182 g/mol. The van der Waals surface area contributed by atoms with Crippen LogP contribution in [0.1, 0.15) is 17.2 Å². The van der Waals surface area contributed by atoms with Crippen LogP contribution in [-0.2, 0) is 11.2 Å². The molecule has 0 heterocycles. The highest BCUT2D eigenvalue weighted by Gasteiger charge is 2.34. The molecule has 14 heavy (non-hydrogen) atoms. The predicted molar refractivity (Wildman–Crippen MR) is 49.9 cm³/mol. The minimum atomic E-state index is -0.881. The summed E-state index contributed by atoms with van der Waals surface area (Å²) < 4.78 is 0. The average Bonchev–Trinajstić information content (AvgIpc) is 2.43. The number of carboxylic acids is 1. The van der Waals surface area contributed by atoms with Crippen LogP contribution >= 0.6 is 0 Å². The molecule has 0 aliphatic heterocycles. The highest BCUT2D eigenvalue weighted by molar-refractivity contribution is 5.73. The van der Waals surface area contributed by atoms with Gasteiger partial charge in [-0.05, 0) is 29.7 Å². The van der Waals surface area contributed by atoms with E-state index in [4.69, 9.17) is 10.8 Å². The van der Waals surface area contributed by atoms with Gasteiger partial charge in [0.2, 0.25) is 0 Å². The first kappa shape index (κ1) is 9.02. The number of benzene rings is 1. The second-order valence-corrected chi connectivity index (χ2v) is 3.56. The SMILES string of the molecule is NC1c2ccc(O)cc2CC1C(=O)O. The Bertz CT molecular complexity index is 389. The Morgan fingerprint density at radius 1 is 1.50 bits per heavy atom. The summed E-state index contributed by atoms with van der Waals surface area (Å²) in [7, 11) is 0. The molecule has 4 nitrogen and oxygen atoms in total. The maximum absolute atomic E-state index is 10.8. The third-order valence-corrected chi connectivity index (χ3v) is 2.68. The van der Waals surface area contributed by atoms with Crippen molar-refractivity contribution in [1.29, 1.82) is 0 Å². The van der Waals surface area contributed by atoms with Gasteiger partial charge < -0.3 is 15.9 Å². The quantitative estimate of drug-likeness (QED) is 0.611. The van der Waals surface area contributed by atoms with E-state index < -0.39 is 17.9 Å². The minimum Gasteiger partial charge on any atom is -0.508 e. The number of nitrogens with two attached hydrogens (primary N) is 1. The highest BCUT2D eigenvalue weighted by atomic mass is 16.4. The van der Waals surface area contributed by atoms with Crippen LogP contribution in [0.3, 0.4) is 0 Å². The molecule has 0 fully saturated rings. The molecule has 1 aromatic carbocycles. The van der Waals surface area contributed by atoms with E-state index in [9.17, 15) is 9.90 Å². The lowest BCUT2D eigenvalue weighted by Crippen LogP contribution is -2.24. The fourth-order valence-electron chi connectivity index (χ4n) is 1.92. The van der Waals surface area contributed by atoms with E-state index in [0.29, 0.717) is 6.42 Å². The standard InChI is InChI=1S/C10H11NO3/c11-9-7-2-1-6(12)3-5(7)4-8(9)10(13)14/h1-3,8-9,12H,4,11H2,(H,13,14). The first-order chi connectivity index (χ1) is 6.59. The molecule has 2 atom stereocenters. The van der Waals surface area contributed by atoms with Gasteiger partial charge in [0, 0.05) is 6.04 Å². The Morgan fingerprint density at radius 2 is 2.21 bits per heavy atom. The molecule has 0 bridgehead atoms. The maximum Gasteiger partial charge on any atom is 0.308 e.